The molecule has 0 aliphatic heterocycles. The molecule has 17 heavy (non-hydrogen) atoms. The first-order chi connectivity index (χ1) is 7.98. The highest BCUT2D eigenvalue weighted by Gasteiger charge is 2.16. The second-order valence-electron chi connectivity index (χ2n) is 4.56. The van der Waals surface area contributed by atoms with E-state index in [-0.39, 0.29) is 23.6 Å². The monoisotopic (exact) mass is 238 g/mol. The molecular weight excluding hydrogens is 220 g/mol. The number of hydrogen-bond acceptors (Lipinski definition) is 5. The summed E-state index contributed by atoms with van der Waals surface area (Å²) in [5, 5.41) is 22.3. The van der Waals surface area contributed by atoms with Crippen molar-refractivity contribution >= 4 is 11.7 Å². The molecule has 0 unspecified atom stereocenters. The third-order valence-electron chi connectivity index (χ3n) is 2.30. The molecule has 1 amide bonds. The van der Waals surface area contributed by atoms with E-state index >= 15 is 0 Å². The molecule has 0 aliphatic carbocycles. The number of nitrogens with one attached hydrogen (secondary N) is 2. The molecule has 0 aromatic carbocycles. The Bertz CT molecular complexity index is 376. The molecule has 3 N–H and O–H groups in total. The van der Waals surface area contributed by atoms with E-state index in [1.807, 2.05) is 13.8 Å². The van der Waals surface area contributed by atoms with Crippen molar-refractivity contribution < 1.29 is 9.90 Å². The van der Waals surface area contributed by atoms with Crippen LogP contribution in [0.15, 0.2) is 12.1 Å². The zero-order valence-electron chi connectivity index (χ0n) is 10.3. The normalized spacial score (nSPS) is 11.1. The maximum atomic E-state index is 11.2. The predicted molar refractivity (Wildman–Crippen MR) is 64.8 cm³/mol. The number of carbonyl (C=O) groups is 1. The van der Waals surface area contributed by atoms with Gasteiger partial charge in [-0.25, -0.2) is 0 Å². The molecule has 0 atom stereocenters. The van der Waals surface area contributed by atoms with E-state index in [0.29, 0.717) is 12.4 Å². The number of hydrogen-bond donors (Lipinski definition) is 3. The predicted octanol–water partition coefficient (Wildman–Crippen LogP) is 0.267. The van der Waals surface area contributed by atoms with E-state index in [2.05, 4.69) is 20.8 Å². The van der Waals surface area contributed by atoms with E-state index in [0.717, 1.165) is 0 Å². The van der Waals surface area contributed by atoms with E-state index in [9.17, 15) is 4.79 Å². The van der Waals surface area contributed by atoms with Gasteiger partial charge in [0.2, 0.25) is 0 Å². The fraction of sp³-hybridized carbons (Fsp3) is 0.545. The van der Waals surface area contributed by atoms with Crippen LogP contribution in [0.4, 0.5) is 5.82 Å². The Morgan fingerprint density at radius 1 is 1.41 bits per heavy atom. The standard InChI is InChI=1S/C11H18N4O2/c1-11(2,7-16)6-13-9-5-4-8(14-15-9)10(17)12-3/h4-5,16H,6-7H2,1-3H3,(H,12,17)(H,13,15). The number of aliphatic hydroxyl groups is 1. The van der Waals surface area contributed by atoms with Crippen LogP contribution in [0, 0.1) is 5.41 Å². The van der Waals surface area contributed by atoms with Crippen LogP contribution in [0.1, 0.15) is 24.3 Å². The van der Waals surface area contributed by atoms with Crippen molar-refractivity contribution in [3.63, 3.8) is 0 Å². The first-order valence-electron chi connectivity index (χ1n) is 5.39. The lowest BCUT2D eigenvalue weighted by Crippen LogP contribution is -2.27. The van der Waals surface area contributed by atoms with Gasteiger partial charge in [-0.05, 0) is 12.1 Å². The molecule has 0 bridgehead atoms. The van der Waals surface area contributed by atoms with Crippen LogP contribution >= 0.6 is 0 Å². The van der Waals surface area contributed by atoms with Gasteiger partial charge in [-0.3, -0.25) is 4.79 Å². The van der Waals surface area contributed by atoms with Crippen molar-refractivity contribution in [1.29, 1.82) is 0 Å². The lowest BCUT2D eigenvalue weighted by molar-refractivity contribution is 0.0957. The average Bonchev–Trinajstić information content (AvgIpc) is 2.36. The van der Waals surface area contributed by atoms with Crippen LogP contribution in [0.25, 0.3) is 0 Å². The molecule has 1 aromatic rings. The molecule has 0 radical (unpaired) electrons. The second kappa shape index (κ2) is 5.58. The summed E-state index contributed by atoms with van der Waals surface area (Å²) in [6.45, 7) is 4.54. The molecule has 0 spiro atoms. The van der Waals surface area contributed by atoms with Crippen molar-refractivity contribution in [3.05, 3.63) is 17.8 Å². The highest BCUT2D eigenvalue weighted by Crippen LogP contribution is 2.14. The quantitative estimate of drug-likeness (QED) is 0.685. The summed E-state index contributed by atoms with van der Waals surface area (Å²) in [5.41, 5.74) is 0.0562. The molecule has 94 valence electrons. The number of nitrogens with zero attached hydrogens (tertiary/aromatic N) is 2. The fourth-order valence-corrected chi connectivity index (χ4v) is 1.06. The molecule has 6 heteroatoms. The van der Waals surface area contributed by atoms with Gasteiger partial charge in [0.15, 0.2) is 5.69 Å². The minimum absolute atomic E-state index is 0.0871. The fourth-order valence-electron chi connectivity index (χ4n) is 1.06. The molecule has 6 nitrogen and oxygen atoms in total. The summed E-state index contributed by atoms with van der Waals surface area (Å²) in [4.78, 5) is 11.2. The summed E-state index contributed by atoms with van der Waals surface area (Å²) in [6, 6.07) is 3.28. The number of aromatic nitrogens is 2. The van der Waals surface area contributed by atoms with E-state index < -0.39 is 0 Å². The topological polar surface area (TPSA) is 87.1 Å². The molecule has 0 aliphatic rings. The Kier molecular flexibility index (Phi) is 4.39. The smallest absolute Gasteiger partial charge is 0.271 e. The van der Waals surface area contributed by atoms with Gasteiger partial charge in [-0.15, -0.1) is 10.2 Å². The number of carbonyl (C=O) groups excluding carboxylic acids is 1. The number of rotatable bonds is 5. The second-order valence-corrected chi connectivity index (χ2v) is 4.56. The van der Waals surface area contributed by atoms with Crippen molar-refractivity contribution in [1.82, 2.24) is 15.5 Å². The highest BCUT2D eigenvalue weighted by atomic mass is 16.3. The van der Waals surface area contributed by atoms with Gasteiger partial charge in [0.1, 0.15) is 5.82 Å². The summed E-state index contributed by atoms with van der Waals surface area (Å²) in [6.07, 6.45) is 0. The van der Waals surface area contributed by atoms with Crippen molar-refractivity contribution in [2.45, 2.75) is 13.8 Å². The van der Waals surface area contributed by atoms with Gasteiger partial charge in [-0.1, -0.05) is 13.8 Å². The zero-order valence-corrected chi connectivity index (χ0v) is 10.3. The lowest BCUT2D eigenvalue weighted by Gasteiger charge is -2.21. The van der Waals surface area contributed by atoms with Crippen molar-refractivity contribution in [2.75, 3.05) is 25.5 Å². The van der Waals surface area contributed by atoms with Crippen LogP contribution in [-0.2, 0) is 0 Å². The summed E-state index contributed by atoms with van der Waals surface area (Å²) in [7, 11) is 1.54. The summed E-state index contributed by atoms with van der Waals surface area (Å²) >= 11 is 0. The Morgan fingerprint density at radius 2 is 2.12 bits per heavy atom. The van der Waals surface area contributed by atoms with Crippen molar-refractivity contribution in [3.8, 4) is 0 Å². The van der Waals surface area contributed by atoms with Gasteiger partial charge >= 0.3 is 0 Å². The third kappa shape index (κ3) is 3.99. The minimum Gasteiger partial charge on any atom is -0.396 e. The molecular formula is C11H18N4O2. The van der Waals surface area contributed by atoms with Crippen LogP contribution in [0.3, 0.4) is 0 Å². The minimum atomic E-state index is -0.264. The molecule has 0 fully saturated rings. The summed E-state index contributed by atoms with van der Waals surface area (Å²) in [5.74, 6) is 0.318. The van der Waals surface area contributed by atoms with E-state index in [1.165, 1.54) is 0 Å². The van der Waals surface area contributed by atoms with Crippen LogP contribution in [0.5, 0.6) is 0 Å². The van der Waals surface area contributed by atoms with Gasteiger partial charge in [0.05, 0.1) is 0 Å². The average molecular weight is 238 g/mol. The molecule has 1 rings (SSSR count). The van der Waals surface area contributed by atoms with Crippen molar-refractivity contribution in [2.24, 2.45) is 5.41 Å². The number of amides is 1. The highest BCUT2D eigenvalue weighted by molar-refractivity contribution is 5.91. The number of anilines is 1. The van der Waals surface area contributed by atoms with Gasteiger partial charge in [0.25, 0.3) is 5.91 Å². The first-order valence-corrected chi connectivity index (χ1v) is 5.39. The Morgan fingerprint density at radius 3 is 2.59 bits per heavy atom. The largest absolute Gasteiger partial charge is 0.396 e. The molecule has 0 saturated heterocycles. The van der Waals surface area contributed by atoms with Crippen LogP contribution in [-0.4, -0.2) is 41.4 Å². The third-order valence-corrected chi connectivity index (χ3v) is 2.30. The summed E-state index contributed by atoms with van der Waals surface area (Å²) < 4.78 is 0. The molecule has 0 saturated carbocycles. The molecule has 1 aromatic heterocycles. The van der Waals surface area contributed by atoms with E-state index in [4.69, 9.17) is 5.11 Å². The van der Waals surface area contributed by atoms with Gasteiger partial charge in [-0.2, -0.15) is 0 Å². The maximum Gasteiger partial charge on any atom is 0.271 e. The Labute approximate surface area is 100 Å². The zero-order chi connectivity index (χ0) is 12.9. The van der Waals surface area contributed by atoms with Crippen LogP contribution < -0.4 is 10.6 Å². The Balaban J connectivity index is 2.60. The van der Waals surface area contributed by atoms with Crippen LogP contribution in [0.2, 0.25) is 0 Å². The van der Waals surface area contributed by atoms with Gasteiger partial charge in [0, 0.05) is 25.6 Å². The SMILES string of the molecule is CNC(=O)c1ccc(NCC(C)(C)CO)nn1. The van der Waals surface area contributed by atoms with E-state index in [1.54, 1.807) is 19.2 Å². The lowest BCUT2D eigenvalue weighted by atomic mass is 9.95. The first kappa shape index (κ1) is 13.4. The number of aliphatic hydroxyl groups excluding tert-OH is 1. The molecule has 1 heterocycles. The van der Waals surface area contributed by atoms with Gasteiger partial charge < -0.3 is 15.7 Å². The maximum absolute atomic E-state index is 11.2. The Hall–Kier alpha value is -1.69.